The highest BCUT2D eigenvalue weighted by Crippen LogP contribution is 2.24. The van der Waals surface area contributed by atoms with E-state index in [-0.39, 0.29) is 0 Å². The summed E-state index contributed by atoms with van der Waals surface area (Å²) in [4.78, 5) is 13.0. The molecule has 0 aliphatic heterocycles. The van der Waals surface area contributed by atoms with E-state index in [4.69, 9.17) is 0 Å². The number of rotatable bonds is 2. The number of anilines is 1. The molecule has 15 heavy (non-hydrogen) atoms. The van der Waals surface area contributed by atoms with Crippen LogP contribution < -0.4 is 4.90 Å². The fourth-order valence-electron chi connectivity index (χ4n) is 1.68. The van der Waals surface area contributed by atoms with Crippen LogP contribution >= 0.6 is 0 Å². The molecular formula is C13H13NO. The van der Waals surface area contributed by atoms with Crippen molar-refractivity contribution < 1.29 is 4.79 Å². The molecule has 0 saturated heterocycles. The van der Waals surface area contributed by atoms with Crippen LogP contribution in [0, 0.1) is 0 Å². The highest BCUT2D eigenvalue weighted by atomic mass is 16.1. The number of fused-ring (bicyclic) bond motifs is 1. The zero-order valence-corrected chi connectivity index (χ0v) is 8.90. The van der Waals surface area contributed by atoms with Gasteiger partial charge in [-0.05, 0) is 22.9 Å². The summed E-state index contributed by atoms with van der Waals surface area (Å²) < 4.78 is 0. The van der Waals surface area contributed by atoms with Crippen LogP contribution in [0.15, 0.2) is 36.4 Å². The quantitative estimate of drug-likeness (QED) is 0.693. The van der Waals surface area contributed by atoms with Gasteiger partial charge < -0.3 is 4.90 Å². The average Bonchev–Trinajstić information content (AvgIpc) is 2.27. The van der Waals surface area contributed by atoms with Crippen LogP contribution in [-0.2, 0) is 0 Å². The van der Waals surface area contributed by atoms with E-state index >= 15 is 0 Å². The summed E-state index contributed by atoms with van der Waals surface area (Å²) in [5.41, 5.74) is 1.80. The first-order valence-corrected chi connectivity index (χ1v) is 4.87. The van der Waals surface area contributed by atoms with E-state index in [2.05, 4.69) is 6.07 Å². The van der Waals surface area contributed by atoms with Crippen molar-refractivity contribution in [2.24, 2.45) is 0 Å². The molecule has 0 spiro atoms. The van der Waals surface area contributed by atoms with Gasteiger partial charge in [0.1, 0.15) is 0 Å². The highest BCUT2D eigenvalue weighted by molar-refractivity contribution is 6.00. The minimum atomic E-state index is 0.747. The third-order valence-electron chi connectivity index (χ3n) is 2.52. The number of hydrogen-bond donors (Lipinski definition) is 0. The van der Waals surface area contributed by atoms with E-state index in [1.54, 1.807) is 0 Å². The lowest BCUT2D eigenvalue weighted by Gasteiger charge is -2.14. The first-order valence-electron chi connectivity index (χ1n) is 4.87. The molecule has 0 unspecified atom stereocenters. The molecule has 2 rings (SSSR count). The third kappa shape index (κ3) is 1.71. The molecule has 76 valence electrons. The number of nitrogens with zero attached hydrogens (tertiary/aromatic N) is 1. The standard InChI is InChI=1S/C13H13NO/c1-14(2)12-7-10-5-3-4-6-13(10)11(8-12)9-15/h3-9H,1-2H3. The average molecular weight is 199 g/mol. The van der Waals surface area contributed by atoms with Gasteiger partial charge in [-0.25, -0.2) is 0 Å². The molecule has 0 bridgehead atoms. The summed E-state index contributed by atoms with van der Waals surface area (Å²) in [6.45, 7) is 0. The zero-order chi connectivity index (χ0) is 10.8. The minimum absolute atomic E-state index is 0.747. The number of aldehydes is 1. The van der Waals surface area contributed by atoms with Crippen LogP contribution in [0.4, 0.5) is 5.69 Å². The van der Waals surface area contributed by atoms with Crippen molar-refractivity contribution in [3.05, 3.63) is 42.0 Å². The molecule has 0 aliphatic carbocycles. The topological polar surface area (TPSA) is 20.3 Å². The van der Waals surface area contributed by atoms with Gasteiger partial charge in [0.25, 0.3) is 0 Å². The number of benzene rings is 2. The van der Waals surface area contributed by atoms with Crippen molar-refractivity contribution in [1.82, 2.24) is 0 Å². The lowest BCUT2D eigenvalue weighted by Crippen LogP contribution is -2.08. The highest BCUT2D eigenvalue weighted by Gasteiger charge is 2.03. The van der Waals surface area contributed by atoms with Gasteiger partial charge in [0.05, 0.1) is 0 Å². The Morgan fingerprint density at radius 1 is 1.13 bits per heavy atom. The molecule has 2 aromatic carbocycles. The Labute approximate surface area is 89.1 Å². The minimum Gasteiger partial charge on any atom is -0.378 e. The molecular weight excluding hydrogens is 186 g/mol. The number of carbonyl (C=O) groups is 1. The summed E-state index contributed by atoms with van der Waals surface area (Å²) in [5, 5.41) is 2.11. The summed E-state index contributed by atoms with van der Waals surface area (Å²) in [6.07, 6.45) is 0.912. The number of hydrogen-bond acceptors (Lipinski definition) is 2. The predicted octanol–water partition coefficient (Wildman–Crippen LogP) is 2.72. The van der Waals surface area contributed by atoms with E-state index in [1.165, 1.54) is 0 Å². The maximum atomic E-state index is 11.0. The Kier molecular flexibility index (Phi) is 2.42. The fraction of sp³-hybridized carbons (Fsp3) is 0.154. The molecule has 0 amide bonds. The van der Waals surface area contributed by atoms with Crippen molar-refractivity contribution in [2.75, 3.05) is 19.0 Å². The molecule has 0 atom stereocenters. The van der Waals surface area contributed by atoms with Crippen LogP contribution in [0.5, 0.6) is 0 Å². The Hall–Kier alpha value is -1.83. The van der Waals surface area contributed by atoms with Gasteiger partial charge in [0.15, 0.2) is 6.29 Å². The van der Waals surface area contributed by atoms with Crippen molar-refractivity contribution in [3.8, 4) is 0 Å². The predicted molar refractivity (Wildman–Crippen MR) is 63.7 cm³/mol. The van der Waals surface area contributed by atoms with Gasteiger partial charge in [-0.1, -0.05) is 24.3 Å². The lowest BCUT2D eigenvalue weighted by atomic mass is 10.0. The maximum absolute atomic E-state index is 11.0. The van der Waals surface area contributed by atoms with Gasteiger partial charge in [-0.15, -0.1) is 0 Å². The molecule has 0 aromatic heterocycles. The van der Waals surface area contributed by atoms with Crippen LogP contribution in [0.2, 0.25) is 0 Å². The largest absolute Gasteiger partial charge is 0.378 e. The van der Waals surface area contributed by atoms with Crippen LogP contribution in [0.3, 0.4) is 0 Å². The SMILES string of the molecule is CN(C)c1cc(C=O)c2ccccc2c1. The molecule has 0 N–H and O–H groups in total. The van der Waals surface area contributed by atoms with E-state index in [0.29, 0.717) is 0 Å². The van der Waals surface area contributed by atoms with Crippen molar-refractivity contribution >= 4 is 22.7 Å². The smallest absolute Gasteiger partial charge is 0.150 e. The maximum Gasteiger partial charge on any atom is 0.150 e. The first kappa shape index (κ1) is 9.71. The van der Waals surface area contributed by atoms with Crippen LogP contribution in [-0.4, -0.2) is 20.4 Å². The molecule has 0 saturated carbocycles. The zero-order valence-electron chi connectivity index (χ0n) is 8.90. The normalized spacial score (nSPS) is 10.3. The Balaban J connectivity index is 2.77. The van der Waals surface area contributed by atoms with Crippen LogP contribution in [0.25, 0.3) is 10.8 Å². The molecule has 2 nitrogen and oxygen atoms in total. The van der Waals surface area contributed by atoms with Gasteiger partial charge >= 0.3 is 0 Å². The van der Waals surface area contributed by atoms with Crippen LogP contribution in [0.1, 0.15) is 10.4 Å². The van der Waals surface area contributed by atoms with E-state index < -0.39 is 0 Å². The fourth-order valence-corrected chi connectivity index (χ4v) is 1.68. The Morgan fingerprint density at radius 3 is 2.53 bits per heavy atom. The molecule has 0 fully saturated rings. The summed E-state index contributed by atoms with van der Waals surface area (Å²) in [6, 6.07) is 11.9. The number of carbonyl (C=O) groups excluding carboxylic acids is 1. The second kappa shape index (κ2) is 3.73. The van der Waals surface area contributed by atoms with E-state index in [0.717, 1.165) is 28.3 Å². The molecule has 0 aliphatic rings. The summed E-state index contributed by atoms with van der Waals surface area (Å²) in [7, 11) is 3.94. The molecule has 0 radical (unpaired) electrons. The van der Waals surface area contributed by atoms with Gasteiger partial charge in [0.2, 0.25) is 0 Å². The lowest BCUT2D eigenvalue weighted by molar-refractivity contribution is 0.112. The molecule has 2 heteroatoms. The monoisotopic (exact) mass is 199 g/mol. The van der Waals surface area contributed by atoms with Crippen molar-refractivity contribution in [2.45, 2.75) is 0 Å². The second-order valence-corrected chi connectivity index (χ2v) is 3.77. The van der Waals surface area contributed by atoms with E-state index in [1.807, 2.05) is 49.3 Å². The van der Waals surface area contributed by atoms with Gasteiger partial charge in [-0.3, -0.25) is 4.79 Å². The van der Waals surface area contributed by atoms with Gasteiger partial charge in [0, 0.05) is 25.3 Å². The molecule has 0 heterocycles. The summed E-state index contributed by atoms with van der Waals surface area (Å²) in [5.74, 6) is 0. The second-order valence-electron chi connectivity index (χ2n) is 3.77. The van der Waals surface area contributed by atoms with Crippen molar-refractivity contribution in [1.29, 1.82) is 0 Å². The summed E-state index contributed by atoms with van der Waals surface area (Å²) >= 11 is 0. The van der Waals surface area contributed by atoms with Gasteiger partial charge in [-0.2, -0.15) is 0 Å². The Morgan fingerprint density at radius 2 is 1.87 bits per heavy atom. The first-order chi connectivity index (χ1) is 7.22. The van der Waals surface area contributed by atoms with E-state index in [9.17, 15) is 4.79 Å². The van der Waals surface area contributed by atoms with Crippen molar-refractivity contribution in [3.63, 3.8) is 0 Å². The molecule has 2 aromatic rings. The third-order valence-corrected chi connectivity index (χ3v) is 2.52. The Bertz CT molecular complexity index is 503.